The smallest absolute Gasteiger partial charge is 0.222 e. The predicted octanol–water partition coefficient (Wildman–Crippen LogP) is 3.44. The summed E-state index contributed by atoms with van der Waals surface area (Å²) in [7, 11) is 0. The Balaban J connectivity index is 1.75. The van der Waals surface area contributed by atoms with Crippen LogP contribution in [0.5, 0.6) is 0 Å². The van der Waals surface area contributed by atoms with E-state index in [1.807, 2.05) is 30.0 Å². The fraction of sp³-hybridized carbons (Fsp3) is 0.522. The molecular formula is C23H30N4O2. The third kappa shape index (κ3) is 4.27. The van der Waals surface area contributed by atoms with Crippen LogP contribution in [0.2, 0.25) is 0 Å². The molecule has 3 heterocycles. The van der Waals surface area contributed by atoms with Gasteiger partial charge < -0.3 is 14.5 Å². The van der Waals surface area contributed by atoms with Crippen LogP contribution in [-0.4, -0.2) is 52.6 Å². The van der Waals surface area contributed by atoms with Gasteiger partial charge in [-0.3, -0.25) is 4.79 Å². The minimum absolute atomic E-state index is 0.144. The third-order valence-corrected chi connectivity index (χ3v) is 5.61. The molecule has 0 saturated carbocycles. The molecule has 4 rings (SSSR count). The Morgan fingerprint density at radius 2 is 1.86 bits per heavy atom. The molecule has 1 aromatic heterocycles. The van der Waals surface area contributed by atoms with Crippen LogP contribution >= 0.6 is 0 Å². The topological polar surface area (TPSA) is 58.6 Å². The van der Waals surface area contributed by atoms with Gasteiger partial charge in [-0.1, -0.05) is 37.3 Å². The highest BCUT2D eigenvalue weighted by Gasteiger charge is 2.30. The number of rotatable bonds is 4. The first-order chi connectivity index (χ1) is 14.0. The van der Waals surface area contributed by atoms with Gasteiger partial charge in [-0.25, -0.2) is 9.97 Å². The van der Waals surface area contributed by atoms with E-state index in [4.69, 9.17) is 14.7 Å². The van der Waals surface area contributed by atoms with Gasteiger partial charge >= 0.3 is 0 Å². The Morgan fingerprint density at radius 3 is 2.55 bits per heavy atom. The number of ether oxygens (including phenoxy) is 1. The molecule has 6 heteroatoms. The van der Waals surface area contributed by atoms with E-state index >= 15 is 0 Å². The number of hydrogen-bond acceptors (Lipinski definition) is 5. The molecule has 2 aromatic rings. The molecule has 0 spiro atoms. The van der Waals surface area contributed by atoms with Crippen LogP contribution in [0.3, 0.4) is 0 Å². The van der Waals surface area contributed by atoms with Crippen LogP contribution in [0.25, 0.3) is 11.4 Å². The highest BCUT2D eigenvalue weighted by atomic mass is 16.5. The molecule has 2 atom stereocenters. The zero-order chi connectivity index (χ0) is 20.4. The number of morpholine rings is 1. The summed E-state index contributed by atoms with van der Waals surface area (Å²) in [5.41, 5.74) is 3.19. The number of aromatic nitrogens is 2. The molecule has 0 unspecified atom stereocenters. The first-order valence-corrected chi connectivity index (χ1v) is 10.7. The van der Waals surface area contributed by atoms with Crippen molar-refractivity contribution in [3.63, 3.8) is 0 Å². The number of nitrogens with zero attached hydrogens (tertiary/aromatic N) is 4. The summed E-state index contributed by atoms with van der Waals surface area (Å²) in [6.45, 7) is 9.17. The standard InChI is InChI=1S/C23H30N4O2/c1-4-8-21(28)26-12-11-20-19(15-26)23(27-13-16(2)29-17(3)14-27)25-22(24-20)18-9-6-5-7-10-18/h5-7,9-10,16-17H,4,8,11-15H2,1-3H3/t16-,17-/m1/s1. The minimum atomic E-state index is 0.144. The first-order valence-electron chi connectivity index (χ1n) is 10.7. The zero-order valence-corrected chi connectivity index (χ0v) is 17.6. The van der Waals surface area contributed by atoms with Gasteiger partial charge in [0.2, 0.25) is 5.91 Å². The normalized spacial score (nSPS) is 21.8. The van der Waals surface area contributed by atoms with Gasteiger partial charge in [-0.05, 0) is 20.3 Å². The Hall–Kier alpha value is -2.47. The van der Waals surface area contributed by atoms with Crippen LogP contribution in [0.4, 0.5) is 5.82 Å². The number of amides is 1. The highest BCUT2D eigenvalue weighted by molar-refractivity contribution is 5.77. The average molecular weight is 395 g/mol. The fourth-order valence-corrected chi connectivity index (χ4v) is 4.31. The van der Waals surface area contributed by atoms with E-state index in [0.717, 1.165) is 60.9 Å². The number of benzene rings is 1. The highest BCUT2D eigenvalue weighted by Crippen LogP contribution is 2.31. The van der Waals surface area contributed by atoms with E-state index in [9.17, 15) is 4.79 Å². The third-order valence-electron chi connectivity index (χ3n) is 5.61. The second kappa shape index (κ2) is 8.49. The summed E-state index contributed by atoms with van der Waals surface area (Å²) in [4.78, 5) is 26.7. The van der Waals surface area contributed by atoms with Crippen molar-refractivity contribution >= 4 is 11.7 Å². The monoisotopic (exact) mass is 394 g/mol. The molecule has 0 N–H and O–H groups in total. The van der Waals surface area contributed by atoms with E-state index in [0.29, 0.717) is 13.0 Å². The van der Waals surface area contributed by atoms with Gasteiger partial charge in [0.1, 0.15) is 5.82 Å². The van der Waals surface area contributed by atoms with Crippen molar-refractivity contribution in [3.05, 3.63) is 41.6 Å². The molecule has 0 aliphatic carbocycles. The van der Waals surface area contributed by atoms with Crippen LogP contribution in [-0.2, 0) is 22.5 Å². The van der Waals surface area contributed by atoms with E-state index in [1.165, 1.54) is 0 Å². The maximum atomic E-state index is 12.5. The Kier molecular flexibility index (Phi) is 5.81. The molecule has 1 amide bonds. The van der Waals surface area contributed by atoms with Crippen molar-refractivity contribution in [1.29, 1.82) is 0 Å². The summed E-state index contributed by atoms with van der Waals surface area (Å²) < 4.78 is 5.94. The second-order valence-electron chi connectivity index (χ2n) is 8.14. The lowest BCUT2D eigenvalue weighted by atomic mass is 10.0. The van der Waals surface area contributed by atoms with Gasteiger partial charge in [-0.2, -0.15) is 0 Å². The SMILES string of the molecule is CCCC(=O)N1CCc2nc(-c3ccccc3)nc(N3C[C@@H](C)O[C@H](C)C3)c2C1. The molecule has 0 bridgehead atoms. The number of carbonyl (C=O) groups is 1. The molecule has 6 nitrogen and oxygen atoms in total. The molecule has 1 fully saturated rings. The summed E-state index contributed by atoms with van der Waals surface area (Å²) in [6.07, 6.45) is 2.53. The largest absolute Gasteiger partial charge is 0.372 e. The number of carbonyl (C=O) groups excluding carboxylic acids is 1. The molecule has 154 valence electrons. The van der Waals surface area contributed by atoms with E-state index in [2.05, 4.69) is 30.9 Å². The van der Waals surface area contributed by atoms with Gasteiger partial charge in [0.05, 0.1) is 24.4 Å². The molecule has 29 heavy (non-hydrogen) atoms. The number of anilines is 1. The van der Waals surface area contributed by atoms with Crippen LogP contribution in [0.1, 0.15) is 44.9 Å². The predicted molar refractivity (Wildman–Crippen MR) is 114 cm³/mol. The van der Waals surface area contributed by atoms with Crippen molar-refractivity contribution in [2.45, 2.75) is 58.8 Å². The maximum Gasteiger partial charge on any atom is 0.222 e. The molecule has 2 aliphatic rings. The van der Waals surface area contributed by atoms with Gasteiger partial charge in [-0.15, -0.1) is 0 Å². The van der Waals surface area contributed by atoms with Crippen molar-refractivity contribution in [2.75, 3.05) is 24.5 Å². The van der Waals surface area contributed by atoms with Crippen molar-refractivity contribution in [3.8, 4) is 11.4 Å². The van der Waals surface area contributed by atoms with Crippen molar-refractivity contribution in [1.82, 2.24) is 14.9 Å². The van der Waals surface area contributed by atoms with Gasteiger partial charge in [0, 0.05) is 43.6 Å². The Bertz CT molecular complexity index is 861. The second-order valence-corrected chi connectivity index (χ2v) is 8.14. The summed E-state index contributed by atoms with van der Waals surface area (Å²) in [5.74, 6) is 1.95. The van der Waals surface area contributed by atoms with Crippen LogP contribution in [0.15, 0.2) is 30.3 Å². The van der Waals surface area contributed by atoms with Gasteiger partial charge in [0.15, 0.2) is 5.82 Å². The van der Waals surface area contributed by atoms with Gasteiger partial charge in [0.25, 0.3) is 0 Å². The molecule has 0 radical (unpaired) electrons. The zero-order valence-electron chi connectivity index (χ0n) is 17.6. The molecule has 2 aliphatic heterocycles. The lowest BCUT2D eigenvalue weighted by Crippen LogP contribution is -2.47. The maximum absolute atomic E-state index is 12.5. The van der Waals surface area contributed by atoms with E-state index in [-0.39, 0.29) is 18.1 Å². The minimum Gasteiger partial charge on any atom is -0.372 e. The number of hydrogen-bond donors (Lipinski definition) is 0. The first kappa shape index (κ1) is 19.8. The average Bonchev–Trinajstić information content (AvgIpc) is 2.72. The van der Waals surface area contributed by atoms with Crippen LogP contribution < -0.4 is 4.90 Å². The van der Waals surface area contributed by atoms with Crippen LogP contribution in [0, 0.1) is 0 Å². The van der Waals surface area contributed by atoms with Crippen molar-refractivity contribution < 1.29 is 9.53 Å². The Morgan fingerprint density at radius 1 is 1.14 bits per heavy atom. The van der Waals surface area contributed by atoms with Crippen molar-refractivity contribution in [2.24, 2.45) is 0 Å². The lowest BCUT2D eigenvalue weighted by Gasteiger charge is -2.39. The lowest BCUT2D eigenvalue weighted by molar-refractivity contribution is -0.132. The molecule has 1 saturated heterocycles. The summed E-state index contributed by atoms with van der Waals surface area (Å²) in [5, 5.41) is 0. The molecule has 1 aromatic carbocycles. The quantitative estimate of drug-likeness (QED) is 0.795. The summed E-state index contributed by atoms with van der Waals surface area (Å²) >= 11 is 0. The van der Waals surface area contributed by atoms with E-state index < -0.39 is 0 Å². The summed E-state index contributed by atoms with van der Waals surface area (Å²) in [6, 6.07) is 10.1. The fourth-order valence-electron chi connectivity index (χ4n) is 4.31. The number of fused-ring (bicyclic) bond motifs is 1. The Labute approximate surface area is 172 Å². The molecular weight excluding hydrogens is 364 g/mol. The van der Waals surface area contributed by atoms with E-state index in [1.54, 1.807) is 0 Å².